The van der Waals surface area contributed by atoms with Crippen molar-refractivity contribution in [2.45, 2.75) is 23.5 Å². The van der Waals surface area contributed by atoms with Gasteiger partial charge in [0.15, 0.2) is 12.0 Å². The van der Waals surface area contributed by atoms with Crippen LogP contribution in [0, 0.1) is 0 Å². The summed E-state index contributed by atoms with van der Waals surface area (Å²) in [4.78, 5) is 16.1. The number of ether oxygens (including phenoxy) is 1. The second kappa shape index (κ2) is 8.12. The van der Waals surface area contributed by atoms with Gasteiger partial charge in [-0.15, -0.1) is 0 Å². The van der Waals surface area contributed by atoms with E-state index in [0.717, 1.165) is 28.4 Å². The van der Waals surface area contributed by atoms with E-state index in [9.17, 15) is 9.90 Å². The quantitative estimate of drug-likeness (QED) is 0.814. The van der Waals surface area contributed by atoms with Crippen molar-refractivity contribution in [2.75, 3.05) is 32.1 Å². The Labute approximate surface area is 158 Å². The van der Waals surface area contributed by atoms with Gasteiger partial charge in [0.2, 0.25) is 0 Å². The number of carbonyl (C=O) groups is 1. The monoisotopic (exact) mass is 372 g/mol. The van der Waals surface area contributed by atoms with Gasteiger partial charge in [-0.3, -0.25) is 9.10 Å². The Kier molecular flexibility index (Phi) is 5.86. The maximum absolute atomic E-state index is 13.1. The molecule has 0 aliphatic carbocycles. The maximum atomic E-state index is 13.1. The van der Waals surface area contributed by atoms with Crippen molar-refractivity contribution in [3.05, 3.63) is 54.1 Å². The minimum absolute atomic E-state index is 0.167. The van der Waals surface area contributed by atoms with Gasteiger partial charge in [-0.1, -0.05) is 18.2 Å². The van der Waals surface area contributed by atoms with Gasteiger partial charge in [0.05, 0.1) is 12.8 Å². The van der Waals surface area contributed by atoms with Crippen LogP contribution in [0.1, 0.15) is 17.9 Å². The Morgan fingerprint density at radius 1 is 1.15 bits per heavy atom. The SMILES string of the molecule is COc1ccc(N2Sc3ccccc3[C@@H](CCN(C)C)C(=O)[C@H]2O)cc1. The lowest BCUT2D eigenvalue weighted by atomic mass is 9.90. The summed E-state index contributed by atoms with van der Waals surface area (Å²) >= 11 is 1.40. The van der Waals surface area contributed by atoms with E-state index in [-0.39, 0.29) is 11.7 Å². The summed E-state index contributed by atoms with van der Waals surface area (Å²) < 4.78 is 6.87. The molecule has 3 rings (SSSR count). The number of nitrogens with zero attached hydrogens (tertiary/aromatic N) is 2. The van der Waals surface area contributed by atoms with Gasteiger partial charge in [-0.25, -0.2) is 0 Å². The molecule has 1 aliphatic heterocycles. The number of fused-ring (bicyclic) bond motifs is 1. The highest BCUT2D eigenvalue weighted by Crippen LogP contribution is 2.41. The second-order valence-electron chi connectivity index (χ2n) is 6.57. The first-order chi connectivity index (χ1) is 12.5. The zero-order valence-corrected chi connectivity index (χ0v) is 16.1. The van der Waals surface area contributed by atoms with Crippen molar-refractivity contribution in [3.63, 3.8) is 0 Å². The molecule has 1 N–H and O–H groups in total. The molecule has 0 fully saturated rings. The summed E-state index contributed by atoms with van der Waals surface area (Å²) in [5, 5.41) is 10.8. The van der Waals surface area contributed by atoms with Crippen LogP contribution in [-0.2, 0) is 4.79 Å². The predicted molar refractivity (Wildman–Crippen MR) is 105 cm³/mol. The minimum atomic E-state index is -1.20. The number of anilines is 1. The summed E-state index contributed by atoms with van der Waals surface area (Å²) in [5.41, 5.74) is 1.75. The number of hydrogen-bond donors (Lipinski definition) is 1. The van der Waals surface area contributed by atoms with E-state index < -0.39 is 6.23 Å². The van der Waals surface area contributed by atoms with Crippen LogP contribution in [0.2, 0.25) is 0 Å². The van der Waals surface area contributed by atoms with Gasteiger partial charge in [0, 0.05) is 10.8 Å². The van der Waals surface area contributed by atoms with Gasteiger partial charge >= 0.3 is 0 Å². The van der Waals surface area contributed by atoms with Crippen molar-refractivity contribution >= 4 is 23.4 Å². The van der Waals surface area contributed by atoms with E-state index in [1.54, 1.807) is 11.4 Å². The zero-order valence-electron chi connectivity index (χ0n) is 15.3. The number of rotatable bonds is 5. The summed E-state index contributed by atoms with van der Waals surface area (Å²) in [6.07, 6.45) is -0.523. The first-order valence-corrected chi connectivity index (χ1v) is 9.35. The second-order valence-corrected chi connectivity index (χ2v) is 7.59. The Balaban J connectivity index is 1.97. The molecule has 2 aromatic rings. The number of aliphatic hydroxyl groups excluding tert-OH is 1. The van der Waals surface area contributed by atoms with Crippen molar-refractivity contribution in [1.29, 1.82) is 0 Å². The molecule has 0 saturated heterocycles. The van der Waals surface area contributed by atoms with Crippen molar-refractivity contribution in [1.82, 2.24) is 4.90 Å². The summed E-state index contributed by atoms with van der Waals surface area (Å²) in [7, 11) is 5.59. The predicted octanol–water partition coefficient (Wildman–Crippen LogP) is 3.15. The highest BCUT2D eigenvalue weighted by molar-refractivity contribution is 8.00. The lowest BCUT2D eigenvalue weighted by Crippen LogP contribution is -2.38. The summed E-state index contributed by atoms with van der Waals surface area (Å²) in [5.74, 6) is 0.248. The van der Waals surface area contributed by atoms with E-state index in [1.807, 2.05) is 62.6 Å². The smallest absolute Gasteiger partial charge is 0.197 e. The lowest BCUT2D eigenvalue weighted by Gasteiger charge is -2.26. The third-order valence-corrected chi connectivity index (χ3v) is 5.68. The first-order valence-electron chi connectivity index (χ1n) is 8.58. The van der Waals surface area contributed by atoms with E-state index in [0.29, 0.717) is 6.42 Å². The maximum Gasteiger partial charge on any atom is 0.197 e. The fraction of sp³-hybridized carbons (Fsp3) is 0.350. The molecule has 0 unspecified atom stereocenters. The molecule has 0 amide bonds. The fourth-order valence-electron chi connectivity index (χ4n) is 3.06. The Bertz CT molecular complexity index is 764. The van der Waals surface area contributed by atoms with Crippen molar-refractivity contribution in [2.24, 2.45) is 0 Å². The van der Waals surface area contributed by atoms with Crippen LogP contribution < -0.4 is 9.04 Å². The molecule has 0 radical (unpaired) electrons. The highest BCUT2D eigenvalue weighted by Gasteiger charge is 2.36. The molecule has 6 heteroatoms. The molecule has 2 atom stereocenters. The number of methoxy groups -OCH3 is 1. The van der Waals surface area contributed by atoms with Crippen LogP contribution in [-0.4, -0.2) is 49.8 Å². The first kappa shape index (κ1) is 18.8. The minimum Gasteiger partial charge on any atom is -0.497 e. The van der Waals surface area contributed by atoms with Gasteiger partial charge in [0.25, 0.3) is 0 Å². The number of aliphatic hydroxyl groups is 1. The molecule has 0 spiro atoms. The highest BCUT2D eigenvalue weighted by atomic mass is 32.2. The molecule has 1 heterocycles. The molecule has 5 nitrogen and oxygen atoms in total. The molecule has 2 aromatic carbocycles. The van der Waals surface area contributed by atoms with Gasteiger partial charge in [-0.05, 0) is 74.9 Å². The molecule has 0 bridgehead atoms. The average molecular weight is 372 g/mol. The van der Waals surface area contributed by atoms with Crippen LogP contribution in [0.3, 0.4) is 0 Å². The third kappa shape index (κ3) is 3.87. The normalized spacial score (nSPS) is 20.0. The Morgan fingerprint density at radius 3 is 2.50 bits per heavy atom. The molecule has 0 saturated carbocycles. The van der Waals surface area contributed by atoms with Gasteiger partial charge in [-0.2, -0.15) is 0 Å². The van der Waals surface area contributed by atoms with Crippen molar-refractivity contribution < 1.29 is 14.6 Å². The standard InChI is InChI=1S/C20H24N2O3S/c1-21(2)13-12-17-16-6-4-5-7-18(16)26-22(20(24)19(17)23)14-8-10-15(25-3)11-9-14/h4-11,17,20,24H,12-13H2,1-3H3/t17-,20-/m1/s1. The van der Waals surface area contributed by atoms with E-state index >= 15 is 0 Å². The average Bonchev–Trinajstić information content (AvgIpc) is 2.76. The summed E-state index contributed by atoms with van der Waals surface area (Å²) in [6.45, 7) is 0.782. The Morgan fingerprint density at radius 2 is 1.85 bits per heavy atom. The summed E-state index contributed by atoms with van der Waals surface area (Å²) in [6, 6.07) is 15.3. The van der Waals surface area contributed by atoms with Crippen LogP contribution in [0.5, 0.6) is 5.75 Å². The molecule has 138 valence electrons. The van der Waals surface area contributed by atoms with Crippen molar-refractivity contribution in [3.8, 4) is 5.75 Å². The molecule has 1 aliphatic rings. The molecular formula is C20H24N2O3S. The van der Waals surface area contributed by atoms with Crippen LogP contribution >= 0.6 is 11.9 Å². The van der Waals surface area contributed by atoms with Gasteiger partial charge in [0.1, 0.15) is 5.75 Å². The number of hydrogen-bond acceptors (Lipinski definition) is 6. The number of carbonyl (C=O) groups excluding carboxylic acids is 1. The Hall–Kier alpha value is -2.02. The fourth-order valence-corrected chi connectivity index (χ4v) is 4.16. The van der Waals surface area contributed by atoms with E-state index in [4.69, 9.17) is 4.74 Å². The topological polar surface area (TPSA) is 53.0 Å². The molecule has 0 aromatic heterocycles. The molecular weight excluding hydrogens is 348 g/mol. The van der Waals surface area contributed by atoms with Crippen LogP contribution in [0.15, 0.2) is 53.4 Å². The van der Waals surface area contributed by atoms with Crippen LogP contribution in [0.25, 0.3) is 0 Å². The largest absolute Gasteiger partial charge is 0.497 e. The third-order valence-electron chi connectivity index (χ3n) is 4.50. The van der Waals surface area contributed by atoms with Crippen LogP contribution in [0.4, 0.5) is 5.69 Å². The van der Waals surface area contributed by atoms with E-state index in [1.165, 1.54) is 11.9 Å². The lowest BCUT2D eigenvalue weighted by molar-refractivity contribution is -0.128. The number of Topliss-reactive ketones (excluding diaryl/α,β-unsaturated/α-hetero) is 1. The number of ketones is 1. The van der Waals surface area contributed by atoms with Gasteiger partial charge < -0.3 is 14.7 Å². The molecule has 26 heavy (non-hydrogen) atoms. The number of benzene rings is 2. The zero-order chi connectivity index (χ0) is 18.7. The van der Waals surface area contributed by atoms with E-state index in [2.05, 4.69) is 4.90 Å².